The van der Waals surface area contributed by atoms with E-state index in [2.05, 4.69) is 46.2 Å². The van der Waals surface area contributed by atoms with Crippen molar-refractivity contribution in [2.24, 2.45) is 5.10 Å². The zero-order chi connectivity index (χ0) is 17.5. The van der Waals surface area contributed by atoms with Crippen molar-refractivity contribution in [1.82, 2.24) is 9.91 Å². The second kappa shape index (κ2) is 8.84. The molecule has 0 bridgehead atoms. The van der Waals surface area contributed by atoms with Gasteiger partial charge in [0.25, 0.3) is 0 Å². The maximum atomic E-state index is 6.26. The van der Waals surface area contributed by atoms with Crippen LogP contribution in [0.25, 0.3) is 6.08 Å². The van der Waals surface area contributed by atoms with E-state index in [9.17, 15) is 0 Å². The Hall–Kier alpha value is -2.10. The number of hydrazone groups is 1. The van der Waals surface area contributed by atoms with Crippen LogP contribution in [-0.2, 0) is 6.54 Å². The highest BCUT2D eigenvalue weighted by atomic mass is 35.5. The fraction of sp³-hybridized carbons (Fsp3) is 0.286. The van der Waals surface area contributed by atoms with E-state index in [0.717, 1.165) is 38.3 Å². The van der Waals surface area contributed by atoms with E-state index < -0.39 is 0 Å². The minimum atomic E-state index is 0.647. The van der Waals surface area contributed by atoms with Crippen LogP contribution in [0.3, 0.4) is 0 Å². The zero-order valence-corrected chi connectivity index (χ0v) is 15.4. The van der Waals surface area contributed by atoms with Gasteiger partial charge in [-0.25, -0.2) is 0 Å². The van der Waals surface area contributed by atoms with Gasteiger partial charge in [0.05, 0.1) is 11.2 Å². The van der Waals surface area contributed by atoms with Crippen LogP contribution in [0.5, 0.6) is 0 Å². The van der Waals surface area contributed by atoms with Crippen LogP contribution in [0.4, 0.5) is 0 Å². The highest BCUT2D eigenvalue weighted by Gasteiger charge is 2.15. The molecule has 2 aromatic rings. The van der Waals surface area contributed by atoms with E-state index >= 15 is 0 Å². The van der Waals surface area contributed by atoms with Crippen molar-refractivity contribution in [2.75, 3.05) is 26.2 Å². The van der Waals surface area contributed by atoms with Crippen molar-refractivity contribution in [3.8, 4) is 0 Å². The average molecular weight is 354 g/mol. The molecule has 0 aliphatic carbocycles. The molecule has 1 fully saturated rings. The predicted octanol–water partition coefficient (Wildman–Crippen LogP) is 4.38. The van der Waals surface area contributed by atoms with Gasteiger partial charge in [-0.2, -0.15) is 5.10 Å². The summed E-state index contributed by atoms with van der Waals surface area (Å²) in [7, 11) is 0. The number of halogens is 1. The van der Waals surface area contributed by atoms with Gasteiger partial charge in [-0.3, -0.25) is 9.91 Å². The summed E-state index contributed by atoms with van der Waals surface area (Å²) >= 11 is 6.26. The lowest BCUT2D eigenvalue weighted by Gasteiger charge is -2.33. The fourth-order valence-corrected chi connectivity index (χ4v) is 3.01. The Morgan fingerprint density at radius 2 is 1.68 bits per heavy atom. The minimum Gasteiger partial charge on any atom is -0.295 e. The van der Waals surface area contributed by atoms with Gasteiger partial charge in [0.15, 0.2) is 0 Å². The van der Waals surface area contributed by atoms with Crippen LogP contribution < -0.4 is 0 Å². The highest BCUT2D eigenvalue weighted by Crippen LogP contribution is 2.11. The van der Waals surface area contributed by atoms with Crippen LogP contribution in [0.2, 0.25) is 0 Å². The molecule has 0 unspecified atom stereocenters. The maximum absolute atomic E-state index is 6.26. The smallest absolute Gasteiger partial charge is 0.0657 e. The normalized spacial score (nSPS) is 16.6. The van der Waals surface area contributed by atoms with Crippen LogP contribution in [-0.4, -0.2) is 42.3 Å². The van der Waals surface area contributed by atoms with Crippen molar-refractivity contribution in [2.45, 2.75) is 13.5 Å². The van der Waals surface area contributed by atoms with Gasteiger partial charge >= 0.3 is 0 Å². The molecule has 0 spiro atoms. The van der Waals surface area contributed by atoms with Crippen molar-refractivity contribution >= 4 is 23.9 Å². The number of hydrogen-bond donors (Lipinski definition) is 0. The Morgan fingerprint density at radius 3 is 2.36 bits per heavy atom. The Labute approximate surface area is 155 Å². The molecule has 0 saturated carbocycles. The Morgan fingerprint density at radius 1 is 1.00 bits per heavy atom. The molecule has 1 aliphatic heterocycles. The van der Waals surface area contributed by atoms with E-state index in [4.69, 9.17) is 11.6 Å². The van der Waals surface area contributed by atoms with Crippen molar-refractivity contribution in [3.63, 3.8) is 0 Å². The molecule has 25 heavy (non-hydrogen) atoms. The second-order valence-electron chi connectivity index (χ2n) is 6.40. The SMILES string of the molecule is Cc1ccc(CN2CCN(N=CC(Cl)=Cc3ccccc3)CC2)cc1. The quantitative estimate of drug-likeness (QED) is 0.743. The van der Waals surface area contributed by atoms with Crippen LogP contribution >= 0.6 is 11.6 Å². The van der Waals surface area contributed by atoms with Gasteiger partial charge in [-0.15, -0.1) is 0 Å². The third-order valence-electron chi connectivity index (χ3n) is 4.32. The lowest BCUT2D eigenvalue weighted by atomic mass is 10.1. The molecule has 1 saturated heterocycles. The molecule has 2 aromatic carbocycles. The Bertz CT molecular complexity index is 715. The molecule has 0 radical (unpaired) electrons. The minimum absolute atomic E-state index is 0.647. The van der Waals surface area contributed by atoms with E-state index in [-0.39, 0.29) is 0 Å². The Kier molecular flexibility index (Phi) is 6.26. The summed E-state index contributed by atoms with van der Waals surface area (Å²) in [6.45, 7) is 7.02. The number of benzene rings is 2. The zero-order valence-electron chi connectivity index (χ0n) is 14.6. The summed E-state index contributed by atoms with van der Waals surface area (Å²) in [6, 6.07) is 18.8. The number of hydrogen-bond acceptors (Lipinski definition) is 3. The van der Waals surface area contributed by atoms with Crippen LogP contribution in [0.1, 0.15) is 16.7 Å². The number of rotatable bonds is 5. The molecular formula is C21H24ClN3. The molecule has 1 heterocycles. The van der Waals surface area contributed by atoms with Gasteiger partial charge in [-0.1, -0.05) is 71.8 Å². The number of aryl methyl sites for hydroxylation is 1. The van der Waals surface area contributed by atoms with Gasteiger partial charge < -0.3 is 0 Å². The molecule has 3 rings (SSSR count). The molecule has 1 aliphatic rings. The Balaban J connectivity index is 1.47. The summed E-state index contributed by atoms with van der Waals surface area (Å²) in [5, 5.41) is 7.25. The van der Waals surface area contributed by atoms with Crippen molar-refractivity contribution in [1.29, 1.82) is 0 Å². The molecule has 0 aromatic heterocycles. The fourth-order valence-electron chi connectivity index (χ4n) is 2.85. The van der Waals surface area contributed by atoms with Crippen LogP contribution in [0, 0.1) is 6.92 Å². The standard InChI is InChI=1S/C21H24ClN3/c1-18-7-9-20(10-8-18)17-24-11-13-25(14-12-24)23-16-21(22)15-19-5-3-2-4-6-19/h2-10,15-16H,11-14,17H2,1H3. The summed E-state index contributed by atoms with van der Waals surface area (Å²) in [5.41, 5.74) is 3.77. The lowest BCUT2D eigenvalue weighted by molar-refractivity contribution is 0.131. The summed E-state index contributed by atoms with van der Waals surface area (Å²) in [5.74, 6) is 0. The second-order valence-corrected chi connectivity index (χ2v) is 6.84. The average Bonchev–Trinajstić information content (AvgIpc) is 2.64. The summed E-state index contributed by atoms with van der Waals surface area (Å²) in [6.07, 6.45) is 3.67. The molecule has 130 valence electrons. The number of allylic oxidation sites excluding steroid dienone is 1. The highest BCUT2D eigenvalue weighted by molar-refractivity contribution is 6.41. The first-order chi connectivity index (χ1) is 12.2. The molecule has 4 heteroatoms. The first-order valence-electron chi connectivity index (χ1n) is 8.68. The largest absolute Gasteiger partial charge is 0.295 e. The van der Waals surface area contributed by atoms with Crippen molar-refractivity contribution < 1.29 is 0 Å². The molecule has 0 amide bonds. The first-order valence-corrected chi connectivity index (χ1v) is 9.06. The lowest BCUT2D eigenvalue weighted by Crippen LogP contribution is -2.43. The van der Waals surface area contributed by atoms with E-state index in [0.29, 0.717) is 5.03 Å². The number of piperazine rings is 1. The third kappa shape index (κ3) is 5.73. The van der Waals surface area contributed by atoms with E-state index in [1.165, 1.54) is 11.1 Å². The first kappa shape index (κ1) is 17.7. The summed E-state index contributed by atoms with van der Waals surface area (Å²) in [4.78, 5) is 2.47. The third-order valence-corrected chi connectivity index (χ3v) is 4.53. The molecule has 0 N–H and O–H groups in total. The molecule has 3 nitrogen and oxygen atoms in total. The predicted molar refractivity (Wildman–Crippen MR) is 107 cm³/mol. The molecular weight excluding hydrogens is 330 g/mol. The van der Waals surface area contributed by atoms with Gasteiger partial charge in [0, 0.05) is 32.7 Å². The van der Waals surface area contributed by atoms with E-state index in [1.807, 2.05) is 36.4 Å². The topological polar surface area (TPSA) is 18.8 Å². The number of nitrogens with zero attached hydrogens (tertiary/aromatic N) is 3. The maximum Gasteiger partial charge on any atom is 0.0657 e. The van der Waals surface area contributed by atoms with Crippen LogP contribution in [0.15, 0.2) is 64.7 Å². The van der Waals surface area contributed by atoms with Gasteiger partial charge in [-0.05, 0) is 24.1 Å². The van der Waals surface area contributed by atoms with Crippen molar-refractivity contribution in [3.05, 3.63) is 76.3 Å². The molecule has 0 atom stereocenters. The van der Waals surface area contributed by atoms with Gasteiger partial charge in [0.2, 0.25) is 0 Å². The monoisotopic (exact) mass is 353 g/mol. The summed E-state index contributed by atoms with van der Waals surface area (Å²) < 4.78 is 0. The van der Waals surface area contributed by atoms with E-state index in [1.54, 1.807) is 6.21 Å². The van der Waals surface area contributed by atoms with Gasteiger partial charge in [0.1, 0.15) is 0 Å².